The van der Waals surface area contributed by atoms with Crippen LogP contribution in [0.25, 0.3) is 10.2 Å². The fraction of sp³-hybridized carbons (Fsp3) is 0.333. The summed E-state index contributed by atoms with van der Waals surface area (Å²) >= 11 is 1.39. The number of nitrogens with two attached hydrogens (primary N) is 1. The van der Waals surface area contributed by atoms with Gasteiger partial charge in [-0.05, 0) is 31.9 Å². The number of hydrogen-bond donors (Lipinski definition) is 1. The van der Waals surface area contributed by atoms with Crippen molar-refractivity contribution in [3.8, 4) is 0 Å². The van der Waals surface area contributed by atoms with Crippen molar-refractivity contribution >= 4 is 33.3 Å². The Balaban J connectivity index is 1.71. The molecule has 2 N–H and O–H groups in total. The third-order valence-corrected chi connectivity index (χ3v) is 5.75. The highest BCUT2D eigenvalue weighted by Gasteiger charge is 2.31. The van der Waals surface area contributed by atoms with Crippen LogP contribution in [0.3, 0.4) is 0 Å². The molecule has 1 saturated heterocycles. The van der Waals surface area contributed by atoms with E-state index in [1.54, 1.807) is 6.20 Å². The summed E-state index contributed by atoms with van der Waals surface area (Å²) in [6.45, 7) is 5.61. The third-order valence-electron chi connectivity index (χ3n) is 4.60. The maximum Gasteiger partial charge on any atom is 0.259 e. The SMILES string of the molecule is Cc1cc(N2CCC(c3c(C(N)=O)sc4ncccc34)C2)nc(C)n1. The summed E-state index contributed by atoms with van der Waals surface area (Å²) in [6, 6.07) is 5.95. The van der Waals surface area contributed by atoms with E-state index in [0.29, 0.717) is 4.88 Å². The molecule has 1 fully saturated rings. The minimum Gasteiger partial charge on any atom is -0.365 e. The van der Waals surface area contributed by atoms with Gasteiger partial charge in [0.15, 0.2) is 0 Å². The molecule has 1 aliphatic rings. The van der Waals surface area contributed by atoms with Crippen molar-refractivity contribution < 1.29 is 4.79 Å². The van der Waals surface area contributed by atoms with Crippen molar-refractivity contribution in [2.75, 3.05) is 18.0 Å². The Morgan fingerprint density at radius 2 is 2.20 bits per heavy atom. The first-order valence-corrected chi connectivity index (χ1v) is 9.09. The van der Waals surface area contributed by atoms with Gasteiger partial charge in [0.25, 0.3) is 5.91 Å². The molecule has 4 heterocycles. The van der Waals surface area contributed by atoms with E-state index >= 15 is 0 Å². The molecule has 0 saturated carbocycles. The minimum absolute atomic E-state index is 0.246. The van der Waals surface area contributed by atoms with Crippen molar-refractivity contribution in [1.29, 1.82) is 0 Å². The quantitative estimate of drug-likeness (QED) is 0.782. The van der Waals surface area contributed by atoms with Gasteiger partial charge in [-0.1, -0.05) is 6.07 Å². The van der Waals surface area contributed by atoms with Crippen molar-refractivity contribution in [1.82, 2.24) is 15.0 Å². The number of hydrogen-bond acceptors (Lipinski definition) is 6. The lowest BCUT2D eigenvalue weighted by Crippen LogP contribution is -2.21. The number of rotatable bonds is 3. The van der Waals surface area contributed by atoms with Crippen molar-refractivity contribution in [2.45, 2.75) is 26.2 Å². The second-order valence-electron chi connectivity index (χ2n) is 6.41. The number of fused-ring (bicyclic) bond motifs is 1. The smallest absolute Gasteiger partial charge is 0.259 e. The fourth-order valence-electron chi connectivity index (χ4n) is 3.60. The van der Waals surface area contributed by atoms with E-state index in [2.05, 4.69) is 19.9 Å². The van der Waals surface area contributed by atoms with E-state index in [0.717, 1.165) is 52.6 Å². The number of aromatic nitrogens is 3. The minimum atomic E-state index is -0.370. The Morgan fingerprint density at radius 3 is 2.96 bits per heavy atom. The largest absolute Gasteiger partial charge is 0.365 e. The number of primary amides is 1. The van der Waals surface area contributed by atoms with Gasteiger partial charge in [-0.2, -0.15) is 0 Å². The van der Waals surface area contributed by atoms with Crippen LogP contribution in [0, 0.1) is 13.8 Å². The second-order valence-corrected chi connectivity index (χ2v) is 7.41. The summed E-state index contributed by atoms with van der Waals surface area (Å²) < 4.78 is 0. The van der Waals surface area contributed by atoms with Gasteiger partial charge in [-0.15, -0.1) is 11.3 Å². The average Bonchev–Trinajstić information content (AvgIpc) is 3.18. The molecule has 1 unspecified atom stereocenters. The second kappa shape index (κ2) is 6.07. The molecule has 1 amide bonds. The zero-order chi connectivity index (χ0) is 17.6. The Bertz CT molecular complexity index is 947. The predicted octanol–water partition coefficient (Wildman–Crippen LogP) is 2.80. The molecule has 3 aromatic heterocycles. The summed E-state index contributed by atoms with van der Waals surface area (Å²) in [5.41, 5.74) is 7.65. The molecule has 1 atom stereocenters. The number of anilines is 1. The normalized spacial score (nSPS) is 17.4. The Kier molecular flexibility index (Phi) is 3.88. The van der Waals surface area contributed by atoms with Gasteiger partial charge in [0, 0.05) is 42.4 Å². The molecular formula is C18H19N5OS. The zero-order valence-corrected chi connectivity index (χ0v) is 15.0. The molecule has 128 valence electrons. The summed E-state index contributed by atoms with van der Waals surface area (Å²) in [6.07, 6.45) is 2.71. The first-order valence-electron chi connectivity index (χ1n) is 8.27. The van der Waals surface area contributed by atoms with Crippen LogP contribution in [0.15, 0.2) is 24.4 Å². The number of pyridine rings is 1. The number of aryl methyl sites for hydroxylation is 2. The van der Waals surface area contributed by atoms with Crippen LogP contribution in [-0.4, -0.2) is 33.9 Å². The average molecular weight is 353 g/mol. The molecule has 0 aliphatic carbocycles. The molecule has 7 heteroatoms. The maximum atomic E-state index is 12.0. The first-order chi connectivity index (χ1) is 12.0. The molecule has 25 heavy (non-hydrogen) atoms. The zero-order valence-electron chi connectivity index (χ0n) is 14.2. The number of carbonyl (C=O) groups is 1. The van der Waals surface area contributed by atoms with E-state index in [9.17, 15) is 4.79 Å². The first kappa shape index (κ1) is 16.0. The van der Waals surface area contributed by atoms with Gasteiger partial charge < -0.3 is 10.6 Å². The van der Waals surface area contributed by atoms with E-state index in [1.807, 2.05) is 32.0 Å². The molecule has 4 rings (SSSR count). The molecule has 1 aliphatic heterocycles. The van der Waals surface area contributed by atoms with Crippen LogP contribution in [0.2, 0.25) is 0 Å². The molecule has 0 spiro atoms. The molecule has 6 nitrogen and oxygen atoms in total. The Morgan fingerprint density at radius 1 is 1.36 bits per heavy atom. The molecular weight excluding hydrogens is 334 g/mol. The number of thiophene rings is 1. The lowest BCUT2D eigenvalue weighted by atomic mass is 9.95. The van der Waals surface area contributed by atoms with E-state index in [1.165, 1.54) is 11.3 Å². The highest BCUT2D eigenvalue weighted by molar-refractivity contribution is 7.20. The van der Waals surface area contributed by atoms with Crippen LogP contribution in [0.5, 0.6) is 0 Å². The molecule has 0 radical (unpaired) electrons. The number of nitrogens with zero attached hydrogens (tertiary/aromatic N) is 4. The van der Waals surface area contributed by atoms with E-state index < -0.39 is 0 Å². The van der Waals surface area contributed by atoms with Crippen LogP contribution in [0.4, 0.5) is 5.82 Å². The van der Waals surface area contributed by atoms with Crippen molar-refractivity contribution in [3.05, 3.63) is 46.4 Å². The number of amides is 1. The molecule has 3 aromatic rings. The van der Waals surface area contributed by atoms with Crippen LogP contribution >= 0.6 is 11.3 Å². The molecule has 0 aromatic carbocycles. The highest BCUT2D eigenvalue weighted by Crippen LogP contribution is 2.39. The highest BCUT2D eigenvalue weighted by atomic mass is 32.1. The van der Waals surface area contributed by atoms with Gasteiger partial charge in [-0.25, -0.2) is 15.0 Å². The van der Waals surface area contributed by atoms with Crippen molar-refractivity contribution in [3.63, 3.8) is 0 Å². The van der Waals surface area contributed by atoms with Gasteiger partial charge in [0.2, 0.25) is 0 Å². The Labute approximate surface area is 149 Å². The lowest BCUT2D eigenvalue weighted by Gasteiger charge is -2.18. The molecule has 0 bridgehead atoms. The monoisotopic (exact) mass is 353 g/mol. The Hall–Kier alpha value is -2.54. The summed E-state index contributed by atoms with van der Waals surface area (Å²) in [4.78, 5) is 29.0. The fourth-order valence-corrected chi connectivity index (χ4v) is 4.68. The van der Waals surface area contributed by atoms with E-state index in [4.69, 9.17) is 5.73 Å². The van der Waals surface area contributed by atoms with Gasteiger partial charge in [0.05, 0.1) is 4.88 Å². The van der Waals surface area contributed by atoms with Gasteiger partial charge >= 0.3 is 0 Å². The summed E-state index contributed by atoms with van der Waals surface area (Å²) in [7, 11) is 0. The maximum absolute atomic E-state index is 12.0. The predicted molar refractivity (Wildman–Crippen MR) is 99.2 cm³/mol. The van der Waals surface area contributed by atoms with Crippen LogP contribution in [0.1, 0.15) is 39.1 Å². The summed E-state index contributed by atoms with van der Waals surface area (Å²) in [5.74, 6) is 1.61. The van der Waals surface area contributed by atoms with Crippen molar-refractivity contribution in [2.24, 2.45) is 5.73 Å². The standard InChI is InChI=1S/C18H19N5OS/c1-10-8-14(22-11(2)21-10)23-7-5-12(9-23)15-13-4-3-6-20-18(13)25-16(15)17(19)24/h3-4,6,8,12H,5,7,9H2,1-2H3,(H2,19,24). The third kappa shape index (κ3) is 2.84. The lowest BCUT2D eigenvalue weighted by molar-refractivity contribution is 0.100. The van der Waals surface area contributed by atoms with Gasteiger partial charge in [0.1, 0.15) is 16.5 Å². The van der Waals surface area contributed by atoms with Crippen LogP contribution in [-0.2, 0) is 0 Å². The summed E-state index contributed by atoms with van der Waals surface area (Å²) in [5, 5.41) is 1.04. The topological polar surface area (TPSA) is 85.0 Å². The van der Waals surface area contributed by atoms with E-state index in [-0.39, 0.29) is 11.8 Å². The van der Waals surface area contributed by atoms with Crippen LogP contribution < -0.4 is 10.6 Å². The van der Waals surface area contributed by atoms with Gasteiger partial charge in [-0.3, -0.25) is 4.79 Å². The number of carbonyl (C=O) groups excluding carboxylic acids is 1.